The number of nitrogens with one attached hydrogen (secondary N) is 1. The van der Waals surface area contributed by atoms with Crippen LogP contribution < -0.4 is 11.1 Å². The molecule has 0 aromatic heterocycles. The highest BCUT2D eigenvalue weighted by atomic mass is 16.3. The molecule has 0 spiro atoms. The summed E-state index contributed by atoms with van der Waals surface area (Å²) in [6, 6.07) is 16.3. The van der Waals surface area contributed by atoms with Crippen LogP contribution in [0.4, 0.5) is 0 Å². The summed E-state index contributed by atoms with van der Waals surface area (Å²) < 4.78 is 0. The minimum atomic E-state index is -1.21. The van der Waals surface area contributed by atoms with E-state index in [1.165, 1.54) is 6.42 Å². The normalized spacial score (nSPS) is 11.7. The standard InChI is InChI=1S/C18H19N2O3/c19-17(22)15-9-5-4-8-14(15)12-20-18(23)16(21)11-10-13-6-2-1-3-7-13/h1-9,11,16,21H,10,12H2,(H2,19,22)(H,20,23)/t16-/m0/s1. The molecule has 0 aliphatic carbocycles. The van der Waals surface area contributed by atoms with E-state index in [0.717, 1.165) is 5.56 Å². The maximum atomic E-state index is 11.9. The van der Waals surface area contributed by atoms with Crippen molar-refractivity contribution in [1.29, 1.82) is 0 Å². The monoisotopic (exact) mass is 311 g/mol. The van der Waals surface area contributed by atoms with Gasteiger partial charge in [0.05, 0.1) is 0 Å². The fraction of sp³-hybridized carbons (Fsp3) is 0.167. The quantitative estimate of drug-likeness (QED) is 0.717. The molecule has 2 amide bonds. The van der Waals surface area contributed by atoms with Crippen molar-refractivity contribution in [1.82, 2.24) is 5.32 Å². The van der Waals surface area contributed by atoms with Gasteiger partial charge in [-0.25, -0.2) is 0 Å². The van der Waals surface area contributed by atoms with Crippen LogP contribution in [0, 0.1) is 6.42 Å². The van der Waals surface area contributed by atoms with E-state index < -0.39 is 17.9 Å². The van der Waals surface area contributed by atoms with Crippen LogP contribution in [-0.4, -0.2) is 23.0 Å². The highest BCUT2D eigenvalue weighted by Gasteiger charge is 2.16. The molecule has 0 fully saturated rings. The van der Waals surface area contributed by atoms with Crippen LogP contribution in [0.3, 0.4) is 0 Å². The molecular weight excluding hydrogens is 292 g/mol. The summed E-state index contributed by atoms with van der Waals surface area (Å²) in [4.78, 5) is 23.2. The van der Waals surface area contributed by atoms with E-state index in [2.05, 4.69) is 5.32 Å². The summed E-state index contributed by atoms with van der Waals surface area (Å²) in [5, 5.41) is 12.5. The molecule has 4 N–H and O–H groups in total. The molecule has 1 radical (unpaired) electrons. The minimum absolute atomic E-state index is 0.133. The second-order valence-corrected chi connectivity index (χ2v) is 5.11. The minimum Gasteiger partial charge on any atom is -0.383 e. The number of primary amides is 1. The molecule has 5 heteroatoms. The predicted octanol–water partition coefficient (Wildman–Crippen LogP) is 1.21. The van der Waals surface area contributed by atoms with Crippen LogP contribution in [0.25, 0.3) is 0 Å². The topological polar surface area (TPSA) is 92.4 Å². The smallest absolute Gasteiger partial charge is 0.249 e. The fourth-order valence-electron chi connectivity index (χ4n) is 2.17. The van der Waals surface area contributed by atoms with E-state index in [-0.39, 0.29) is 6.54 Å². The van der Waals surface area contributed by atoms with Crippen LogP contribution in [0.2, 0.25) is 0 Å². The van der Waals surface area contributed by atoms with Crippen molar-refractivity contribution in [3.63, 3.8) is 0 Å². The lowest BCUT2D eigenvalue weighted by Crippen LogP contribution is -2.35. The third-order valence-electron chi connectivity index (χ3n) is 3.42. The zero-order valence-corrected chi connectivity index (χ0v) is 12.6. The van der Waals surface area contributed by atoms with Gasteiger partial charge in [0.1, 0.15) is 6.10 Å². The maximum Gasteiger partial charge on any atom is 0.249 e. The lowest BCUT2D eigenvalue weighted by atomic mass is 10.1. The van der Waals surface area contributed by atoms with Crippen LogP contribution in [0.5, 0.6) is 0 Å². The highest BCUT2D eigenvalue weighted by Crippen LogP contribution is 2.08. The number of aliphatic hydroxyl groups is 1. The van der Waals surface area contributed by atoms with E-state index in [9.17, 15) is 14.7 Å². The molecule has 0 aliphatic rings. The van der Waals surface area contributed by atoms with Gasteiger partial charge >= 0.3 is 0 Å². The Kier molecular flexibility index (Phi) is 5.88. The molecule has 119 valence electrons. The predicted molar refractivity (Wildman–Crippen MR) is 87.3 cm³/mol. The molecule has 0 heterocycles. The first-order valence-corrected chi connectivity index (χ1v) is 7.28. The number of benzene rings is 2. The Labute approximate surface area is 135 Å². The van der Waals surface area contributed by atoms with E-state index in [1.807, 2.05) is 30.3 Å². The van der Waals surface area contributed by atoms with Crippen LogP contribution in [0.15, 0.2) is 54.6 Å². The van der Waals surface area contributed by atoms with Crippen molar-refractivity contribution in [2.75, 3.05) is 0 Å². The van der Waals surface area contributed by atoms with Gasteiger partial charge in [-0.15, -0.1) is 0 Å². The van der Waals surface area contributed by atoms with E-state index in [4.69, 9.17) is 5.73 Å². The van der Waals surface area contributed by atoms with Crippen molar-refractivity contribution in [3.8, 4) is 0 Å². The van der Waals surface area contributed by atoms with Gasteiger partial charge in [0.25, 0.3) is 0 Å². The van der Waals surface area contributed by atoms with Crippen molar-refractivity contribution in [2.45, 2.75) is 19.1 Å². The number of amides is 2. The number of nitrogens with two attached hydrogens (primary N) is 1. The number of carbonyl (C=O) groups is 2. The summed E-state index contributed by atoms with van der Waals surface area (Å²) in [6.07, 6.45) is 0.814. The average Bonchev–Trinajstić information content (AvgIpc) is 2.58. The summed E-state index contributed by atoms with van der Waals surface area (Å²) in [5.74, 6) is -1.06. The molecule has 1 atom stereocenters. The van der Waals surface area contributed by atoms with Crippen molar-refractivity contribution in [2.24, 2.45) is 5.73 Å². The zero-order valence-electron chi connectivity index (χ0n) is 12.6. The van der Waals surface area contributed by atoms with E-state index in [1.54, 1.807) is 24.3 Å². The van der Waals surface area contributed by atoms with Gasteiger partial charge in [-0.3, -0.25) is 9.59 Å². The first-order valence-electron chi connectivity index (χ1n) is 7.28. The first kappa shape index (κ1) is 16.7. The Bertz CT molecular complexity index is 671. The zero-order chi connectivity index (χ0) is 16.7. The Balaban J connectivity index is 1.86. The van der Waals surface area contributed by atoms with Gasteiger partial charge in [0, 0.05) is 18.5 Å². The molecule has 0 aliphatic heterocycles. The Hall–Kier alpha value is -2.66. The van der Waals surface area contributed by atoms with Crippen LogP contribution >= 0.6 is 0 Å². The largest absolute Gasteiger partial charge is 0.383 e. The van der Waals surface area contributed by atoms with Crippen molar-refractivity contribution < 1.29 is 14.7 Å². The summed E-state index contributed by atoms with van der Waals surface area (Å²) in [7, 11) is 0. The van der Waals surface area contributed by atoms with Gasteiger partial charge in [-0.05, 0) is 23.6 Å². The summed E-state index contributed by atoms with van der Waals surface area (Å²) >= 11 is 0. The second-order valence-electron chi connectivity index (χ2n) is 5.11. The third kappa shape index (κ3) is 4.93. The number of hydrogen-bond acceptors (Lipinski definition) is 3. The van der Waals surface area contributed by atoms with Crippen molar-refractivity contribution >= 4 is 11.8 Å². The molecule has 0 bridgehead atoms. The van der Waals surface area contributed by atoms with Crippen LogP contribution in [-0.2, 0) is 17.8 Å². The Morgan fingerprint density at radius 1 is 1.09 bits per heavy atom. The second kappa shape index (κ2) is 8.10. The lowest BCUT2D eigenvalue weighted by Gasteiger charge is -2.12. The lowest BCUT2D eigenvalue weighted by molar-refractivity contribution is -0.128. The molecule has 0 unspecified atom stereocenters. The SMILES string of the molecule is NC(=O)c1ccccc1CNC(=O)[C@@H](O)[CH]Cc1ccccc1. The van der Waals surface area contributed by atoms with Gasteiger partial charge in [0.15, 0.2) is 0 Å². The van der Waals surface area contributed by atoms with Gasteiger partial charge in [0.2, 0.25) is 11.8 Å². The molecule has 0 saturated carbocycles. The van der Waals surface area contributed by atoms with Gasteiger partial charge < -0.3 is 16.2 Å². The molecule has 23 heavy (non-hydrogen) atoms. The summed E-state index contributed by atoms with van der Waals surface area (Å²) in [6.45, 7) is 0.133. The molecular formula is C18H19N2O3. The van der Waals surface area contributed by atoms with E-state index >= 15 is 0 Å². The average molecular weight is 311 g/mol. The highest BCUT2D eigenvalue weighted by molar-refractivity contribution is 5.94. The van der Waals surface area contributed by atoms with Gasteiger partial charge in [-0.1, -0.05) is 48.5 Å². The molecule has 2 rings (SSSR count). The molecule has 2 aromatic carbocycles. The Morgan fingerprint density at radius 2 is 1.74 bits per heavy atom. The summed E-state index contributed by atoms with van der Waals surface area (Å²) in [5.41, 5.74) is 7.27. The Morgan fingerprint density at radius 3 is 2.43 bits per heavy atom. The first-order chi connectivity index (χ1) is 11.1. The molecule has 2 aromatic rings. The van der Waals surface area contributed by atoms with Gasteiger partial charge in [-0.2, -0.15) is 0 Å². The van der Waals surface area contributed by atoms with Crippen molar-refractivity contribution in [3.05, 3.63) is 77.7 Å². The molecule has 0 saturated heterocycles. The number of aliphatic hydroxyl groups excluding tert-OH is 1. The van der Waals surface area contributed by atoms with Crippen LogP contribution in [0.1, 0.15) is 21.5 Å². The number of hydrogen-bond donors (Lipinski definition) is 3. The van der Waals surface area contributed by atoms with E-state index in [0.29, 0.717) is 17.5 Å². The fourth-order valence-corrected chi connectivity index (χ4v) is 2.17. The molecule has 5 nitrogen and oxygen atoms in total. The maximum absolute atomic E-state index is 11.9. The number of carbonyl (C=O) groups excluding carboxylic acids is 2. The number of rotatable bonds is 7. The third-order valence-corrected chi connectivity index (χ3v) is 3.42.